The molecule has 0 aromatic heterocycles. The van der Waals surface area contributed by atoms with Crippen LogP contribution in [0.25, 0.3) is 10.8 Å². The molecule has 1 saturated heterocycles. The van der Waals surface area contributed by atoms with Crippen LogP contribution in [0.5, 0.6) is 11.5 Å². The normalized spacial score (nSPS) is 13.5. The number of nitrogens with zero attached hydrogens (tertiary/aromatic N) is 1. The Bertz CT molecular complexity index is 1070. The summed E-state index contributed by atoms with van der Waals surface area (Å²) >= 11 is 0. The summed E-state index contributed by atoms with van der Waals surface area (Å²) in [6.45, 7) is 0.962. The molecule has 0 radical (unpaired) electrons. The van der Waals surface area contributed by atoms with Gasteiger partial charge in [0.1, 0.15) is 11.5 Å². The summed E-state index contributed by atoms with van der Waals surface area (Å²) in [4.78, 5) is 26.1. The summed E-state index contributed by atoms with van der Waals surface area (Å²) in [5.74, 6) is 1.27. The summed E-state index contributed by atoms with van der Waals surface area (Å²) in [5, 5.41) is 4.99. The second-order valence-electron chi connectivity index (χ2n) is 7.16. The number of carbonyl (C=O) groups excluding carboxylic acids is 2. The van der Waals surface area contributed by atoms with Crippen molar-refractivity contribution in [1.82, 2.24) is 0 Å². The third-order valence-corrected chi connectivity index (χ3v) is 5.16. The molecule has 3 aromatic carbocycles. The van der Waals surface area contributed by atoms with Gasteiger partial charge in [-0.2, -0.15) is 0 Å². The minimum Gasteiger partial charge on any atom is -0.494 e. The lowest BCUT2D eigenvalue weighted by Crippen LogP contribution is -2.24. The lowest BCUT2D eigenvalue weighted by molar-refractivity contribution is -0.117. The van der Waals surface area contributed by atoms with Gasteiger partial charge in [-0.3, -0.25) is 9.59 Å². The monoisotopic (exact) mass is 404 g/mol. The highest BCUT2D eigenvalue weighted by Gasteiger charge is 2.24. The van der Waals surface area contributed by atoms with Crippen LogP contribution in [0.4, 0.5) is 11.4 Å². The third-order valence-electron chi connectivity index (χ3n) is 5.16. The van der Waals surface area contributed by atoms with E-state index in [-0.39, 0.29) is 24.8 Å². The van der Waals surface area contributed by atoms with Gasteiger partial charge in [-0.15, -0.1) is 0 Å². The van der Waals surface area contributed by atoms with E-state index in [1.807, 2.05) is 48.5 Å². The van der Waals surface area contributed by atoms with E-state index in [2.05, 4.69) is 5.32 Å². The molecule has 0 unspecified atom stereocenters. The number of benzene rings is 3. The Morgan fingerprint density at radius 1 is 1.07 bits per heavy atom. The number of anilines is 2. The quantitative estimate of drug-likeness (QED) is 0.634. The molecule has 6 nitrogen and oxygen atoms in total. The van der Waals surface area contributed by atoms with E-state index >= 15 is 0 Å². The van der Waals surface area contributed by atoms with Crippen molar-refractivity contribution in [2.24, 2.45) is 0 Å². The molecule has 6 heteroatoms. The molecule has 1 N–H and O–H groups in total. The summed E-state index contributed by atoms with van der Waals surface area (Å²) in [6.07, 6.45) is 1.62. The molecule has 0 aliphatic carbocycles. The smallest absolute Gasteiger partial charge is 0.227 e. The van der Waals surface area contributed by atoms with Crippen LogP contribution in [-0.2, 0) is 9.59 Å². The molecule has 0 saturated carbocycles. The van der Waals surface area contributed by atoms with E-state index in [4.69, 9.17) is 9.47 Å². The first-order valence-corrected chi connectivity index (χ1v) is 10.0. The predicted octanol–water partition coefficient (Wildman–Crippen LogP) is 4.38. The van der Waals surface area contributed by atoms with E-state index < -0.39 is 0 Å². The van der Waals surface area contributed by atoms with Crippen LogP contribution < -0.4 is 19.7 Å². The second-order valence-corrected chi connectivity index (χ2v) is 7.16. The lowest BCUT2D eigenvalue weighted by Gasteiger charge is -2.19. The zero-order valence-electron chi connectivity index (χ0n) is 16.9. The molecular formula is C24H24N2O4. The van der Waals surface area contributed by atoms with Crippen molar-refractivity contribution < 1.29 is 19.1 Å². The topological polar surface area (TPSA) is 67.9 Å². The highest BCUT2D eigenvalue weighted by atomic mass is 16.5. The van der Waals surface area contributed by atoms with Crippen molar-refractivity contribution in [3.8, 4) is 11.5 Å². The van der Waals surface area contributed by atoms with Crippen LogP contribution in [0, 0.1) is 0 Å². The molecule has 154 valence electrons. The van der Waals surface area contributed by atoms with Gasteiger partial charge in [-0.1, -0.05) is 36.4 Å². The first-order valence-electron chi connectivity index (χ1n) is 10.0. The maximum Gasteiger partial charge on any atom is 0.227 e. The van der Waals surface area contributed by atoms with Crippen LogP contribution in [-0.4, -0.2) is 32.1 Å². The van der Waals surface area contributed by atoms with Crippen molar-refractivity contribution >= 4 is 34.0 Å². The van der Waals surface area contributed by atoms with Crippen LogP contribution in [0.3, 0.4) is 0 Å². The molecule has 1 aliphatic rings. The molecule has 1 aliphatic heterocycles. The number of fused-ring (bicyclic) bond motifs is 1. The molecule has 1 heterocycles. The minimum absolute atomic E-state index is 0.0932. The van der Waals surface area contributed by atoms with Gasteiger partial charge in [0.15, 0.2) is 0 Å². The van der Waals surface area contributed by atoms with Gasteiger partial charge in [0.2, 0.25) is 11.8 Å². The second kappa shape index (κ2) is 8.86. The van der Waals surface area contributed by atoms with E-state index in [1.165, 1.54) is 0 Å². The molecular weight excluding hydrogens is 380 g/mol. The SMILES string of the molecule is COc1cc(NC(=O)CCOc2cccc3ccccc23)ccc1N1CCCC1=O. The minimum atomic E-state index is -0.151. The zero-order valence-corrected chi connectivity index (χ0v) is 16.9. The fourth-order valence-corrected chi connectivity index (χ4v) is 3.68. The Balaban J connectivity index is 1.36. The highest BCUT2D eigenvalue weighted by molar-refractivity contribution is 5.98. The van der Waals surface area contributed by atoms with Crippen LogP contribution in [0.2, 0.25) is 0 Å². The summed E-state index contributed by atoms with van der Waals surface area (Å²) < 4.78 is 11.3. The van der Waals surface area contributed by atoms with Crippen molar-refractivity contribution in [2.75, 3.05) is 30.5 Å². The molecule has 30 heavy (non-hydrogen) atoms. The Morgan fingerprint density at radius 3 is 2.70 bits per heavy atom. The first-order chi connectivity index (χ1) is 14.7. The highest BCUT2D eigenvalue weighted by Crippen LogP contribution is 2.34. The number of hydrogen-bond acceptors (Lipinski definition) is 4. The number of amides is 2. The number of rotatable bonds is 7. The molecule has 4 rings (SSSR count). The van der Waals surface area contributed by atoms with E-state index in [0.717, 1.165) is 28.6 Å². The van der Waals surface area contributed by atoms with Gasteiger partial charge >= 0.3 is 0 Å². The standard InChI is InChI=1S/C24H24N2O4/c1-29-22-16-18(11-12-20(22)26-14-5-10-24(26)28)25-23(27)13-15-30-21-9-4-7-17-6-2-3-8-19(17)21/h2-4,6-9,11-12,16H,5,10,13-15H2,1H3,(H,25,27). The molecule has 1 fully saturated rings. The van der Waals surface area contributed by atoms with Gasteiger partial charge in [0.05, 0.1) is 25.8 Å². The van der Waals surface area contributed by atoms with Gasteiger partial charge in [0.25, 0.3) is 0 Å². The largest absolute Gasteiger partial charge is 0.494 e. The van der Waals surface area contributed by atoms with E-state index in [1.54, 1.807) is 24.1 Å². The van der Waals surface area contributed by atoms with Crippen LogP contribution in [0.15, 0.2) is 60.7 Å². The van der Waals surface area contributed by atoms with Gasteiger partial charge in [0, 0.05) is 30.1 Å². The van der Waals surface area contributed by atoms with Crippen molar-refractivity contribution in [3.05, 3.63) is 60.7 Å². The fourth-order valence-electron chi connectivity index (χ4n) is 3.68. The number of ether oxygens (including phenoxy) is 2. The average molecular weight is 404 g/mol. The first kappa shape index (κ1) is 19.8. The van der Waals surface area contributed by atoms with Crippen LogP contribution in [0.1, 0.15) is 19.3 Å². The van der Waals surface area contributed by atoms with E-state index in [0.29, 0.717) is 24.4 Å². The molecule has 0 spiro atoms. The van der Waals surface area contributed by atoms with Gasteiger partial charge in [-0.05, 0) is 30.0 Å². The Hall–Kier alpha value is -3.54. The maximum absolute atomic E-state index is 12.4. The number of hydrogen-bond donors (Lipinski definition) is 1. The summed E-state index contributed by atoms with van der Waals surface area (Å²) in [7, 11) is 1.56. The number of carbonyl (C=O) groups is 2. The van der Waals surface area contributed by atoms with Gasteiger partial charge in [-0.25, -0.2) is 0 Å². The Morgan fingerprint density at radius 2 is 1.90 bits per heavy atom. The average Bonchev–Trinajstić information content (AvgIpc) is 3.19. The molecule has 2 amide bonds. The number of nitrogens with one attached hydrogen (secondary N) is 1. The Kier molecular flexibility index (Phi) is 5.84. The zero-order chi connectivity index (χ0) is 20.9. The van der Waals surface area contributed by atoms with Crippen molar-refractivity contribution in [1.29, 1.82) is 0 Å². The maximum atomic E-state index is 12.4. The van der Waals surface area contributed by atoms with Gasteiger partial charge < -0.3 is 19.7 Å². The lowest BCUT2D eigenvalue weighted by atomic mass is 10.1. The fraction of sp³-hybridized carbons (Fsp3) is 0.250. The molecule has 0 atom stereocenters. The van der Waals surface area contributed by atoms with Crippen molar-refractivity contribution in [2.45, 2.75) is 19.3 Å². The third kappa shape index (κ3) is 4.22. The summed E-state index contributed by atoms with van der Waals surface area (Å²) in [6, 6.07) is 19.2. The van der Waals surface area contributed by atoms with Crippen molar-refractivity contribution in [3.63, 3.8) is 0 Å². The number of methoxy groups -OCH3 is 1. The summed E-state index contributed by atoms with van der Waals surface area (Å²) in [5.41, 5.74) is 1.36. The Labute approximate surface area is 175 Å². The predicted molar refractivity (Wildman–Crippen MR) is 117 cm³/mol. The van der Waals surface area contributed by atoms with Crippen LogP contribution >= 0.6 is 0 Å². The molecule has 0 bridgehead atoms. The molecule has 3 aromatic rings. The van der Waals surface area contributed by atoms with E-state index in [9.17, 15) is 9.59 Å².